The lowest BCUT2D eigenvalue weighted by Crippen LogP contribution is -2.02. The molecule has 0 aliphatic heterocycles. The van der Waals surface area contributed by atoms with E-state index in [1.165, 1.54) is 18.5 Å². The van der Waals surface area contributed by atoms with E-state index >= 15 is 0 Å². The normalized spacial score (nSPS) is 10.9. The first-order valence-electron chi connectivity index (χ1n) is 8.93. The van der Waals surface area contributed by atoms with Crippen LogP contribution in [-0.2, 0) is 6.42 Å². The molecule has 0 atom stereocenters. The Hall–Kier alpha value is -3.22. The third-order valence-electron chi connectivity index (χ3n) is 4.74. The molecule has 150 valence electrons. The summed E-state index contributed by atoms with van der Waals surface area (Å²) in [6.45, 7) is 0. The molecule has 0 amide bonds. The van der Waals surface area contributed by atoms with Crippen molar-refractivity contribution in [1.29, 1.82) is 0 Å². The number of ether oxygens (including phenoxy) is 1. The Kier molecular flexibility index (Phi) is 5.53. The average molecular weight is 440 g/mol. The standard InChI is InChI=1S/C22H15Cl2N3O3/c1-30-14-5-6-15-16(8-14)21(12-3-2-4-13(7-12)22(28)29)27-26-20(15)9-17-18(23)10-25-11-19(17)24/h2-8,10-11H,9H2,1H3,(H,28,29). The number of aromatic carboxylic acids is 1. The molecule has 0 aliphatic carbocycles. The number of carbonyl (C=O) groups is 1. The lowest BCUT2D eigenvalue weighted by atomic mass is 9.99. The van der Waals surface area contributed by atoms with Crippen LogP contribution in [0.2, 0.25) is 10.0 Å². The van der Waals surface area contributed by atoms with Gasteiger partial charge in [-0.3, -0.25) is 4.98 Å². The van der Waals surface area contributed by atoms with Crippen LogP contribution in [0.25, 0.3) is 22.0 Å². The van der Waals surface area contributed by atoms with Crippen LogP contribution >= 0.6 is 23.2 Å². The number of carboxylic acid groups (broad SMARTS) is 1. The zero-order valence-corrected chi connectivity index (χ0v) is 17.3. The molecule has 0 unspecified atom stereocenters. The number of halogens is 2. The van der Waals surface area contributed by atoms with Crippen LogP contribution in [0.15, 0.2) is 54.9 Å². The monoisotopic (exact) mass is 439 g/mol. The summed E-state index contributed by atoms with van der Waals surface area (Å²) in [5.74, 6) is -0.359. The van der Waals surface area contributed by atoms with Crippen molar-refractivity contribution in [3.8, 4) is 17.0 Å². The molecule has 0 saturated heterocycles. The van der Waals surface area contributed by atoms with E-state index in [0.717, 1.165) is 10.8 Å². The molecule has 0 radical (unpaired) electrons. The molecule has 2 aromatic heterocycles. The van der Waals surface area contributed by atoms with Crippen LogP contribution < -0.4 is 4.74 Å². The van der Waals surface area contributed by atoms with Crippen molar-refractivity contribution in [3.63, 3.8) is 0 Å². The minimum atomic E-state index is -1.01. The van der Waals surface area contributed by atoms with E-state index in [1.807, 2.05) is 18.2 Å². The quantitative estimate of drug-likeness (QED) is 0.454. The van der Waals surface area contributed by atoms with Gasteiger partial charge in [-0.15, -0.1) is 5.10 Å². The minimum absolute atomic E-state index is 0.171. The van der Waals surface area contributed by atoms with Crippen molar-refractivity contribution in [2.75, 3.05) is 7.11 Å². The molecular weight excluding hydrogens is 425 g/mol. The molecule has 0 spiro atoms. The third kappa shape index (κ3) is 3.79. The molecule has 0 bridgehead atoms. The first kappa shape index (κ1) is 20.1. The number of nitrogens with zero attached hydrogens (tertiary/aromatic N) is 3. The Morgan fingerprint density at radius 2 is 1.80 bits per heavy atom. The fourth-order valence-electron chi connectivity index (χ4n) is 3.23. The molecule has 0 fully saturated rings. The summed E-state index contributed by atoms with van der Waals surface area (Å²) < 4.78 is 5.38. The molecule has 1 N–H and O–H groups in total. The van der Waals surface area contributed by atoms with Crippen LogP contribution in [0.5, 0.6) is 5.75 Å². The van der Waals surface area contributed by atoms with Crippen LogP contribution in [-0.4, -0.2) is 33.4 Å². The number of methoxy groups -OCH3 is 1. The van der Waals surface area contributed by atoms with Gasteiger partial charge in [-0.1, -0.05) is 35.3 Å². The Labute approximate surface area is 182 Å². The molecule has 6 nitrogen and oxygen atoms in total. The van der Waals surface area contributed by atoms with Crippen molar-refractivity contribution in [1.82, 2.24) is 15.2 Å². The van der Waals surface area contributed by atoms with Crippen molar-refractivity contribution in [2.45, 2.75) is 6.42 Å². The number of fused-ring (bicyclic) bond motifs is 1. The van der Waals surface area contributed by atoms with E-state index in [2.05, 4.69) is 15.2 Å². The molecular formula is C22H15Cl2N3O3. The fourth-order valence-corrected chi connectivity index (χ4v) is 3.73. The number of carboxylic acids is 1. The summed E-state index contributed by atoms with van der Waals surface area (Å²) in [4.78, 5) is 15.4. The first-order chi connectivity index (χ1) is 14.5. The van der Waals surface area contributed by atoms with E-state index in [-0.39, 0.29) is 5.56 Å². The SMILES string of the molecule is COc1ccc2c(Cc3c(Cl)cncc3Cl)nnc(-c3cccc(C(=O)O)c3)c2c1. The highest BCUT2D eigenvalue weighted by Crippen LogP contribution is 2.33. The van der Waals surface area contributed by atoms with Crippen molar-refractivity contribution in [2.24, 2.45) is 0 Å². The Morgan fingerprint density at radius 1 is 1.03 bits per heavy atom. The summed E-state index contributed by atoms with van der Waals surface area (Å²) in [5, 5.41) is 20.7. The zero-order valence-electron chi connectivity index (χ0n) is 15.8. The predicted octanol–water partition coefficient (Wildman–Crippen LogP) is 5.30. The van der Waals surface area contributed by atoms with Gasteiger partial charge in [0.25, 0.3) is 0 Å². The number of rotatable bonds is 5. The van der Waals surface area contributed by atoms with Gasteiger partial charge in [-0.2, -0.15) is 5.10 Å². The lowest BCUT2D eigenvalue weighted by molar-refractivity contribution is 0.0697. The number of pyridine rings is 1. The molecule has 4 rings (SSSR count). The molecule has 30 heavy (non-hydrogen) atoms. The predicted molar refractivity (Wildman–Crippen MR) is 116 cm³/mol. The van der Waals surface area contributed by atoms with E-state index < -0.39 is 5.97 Å². The Bertz CT molecular complexity index is 1260. The molecule has 2 aromatic carbocycles. The largest absolute Gasteiger partial charge is 0.497 e. The highest BCUT2D eigenvalue weighted by molar-refractivity contribution is 6.35. The first-order valence-corrected chi connectivity index (χ1v) is 9.68. The van der Waals surface area contributed by atoms with Crippen LogP contribution in [0.1, 0.15) is 21.6 Å². The second kappa shape index (κ2) is 8.26. The van der Waals surface area contributed by atoms with Crippen LogP contribution in [0.4, 0.5) is 0 Å². The van der Waals surface area contributed by atoms with E-state index in [0.29, 0.717) is 44.7 Å². The van der Waals surface area contributed by atoms with Gasteiger partial charge in [-0.25, -0.2) is 4.79 Å². The lowest BCUT2D eigenvalue weighted by Gasteiger charge is -2.12. The second-order valence-corrected chi connectivity index (χ2v) is 7.37. The smallest absolute Gasteiger partial charge is 0.335 e. The highest BCUT2D eigenvalue weighted by Gasteiger charge is 2.16. The summed E-state index contributed by atoms with van der Waals surface area (Å²) in [6, 6.07) is 12.2. The molecule has 0 saturated carbocycles. The molecule has 0 aliphatic rings. The number of aromatic nitrogens is 3. The number of hydrogen-bond donors (Lipinski definition) is 1. The van der Waals surface area contributed by atoms with Crippen molar-refractivity contribution >= 4 is 39.9 Å². The van der Waals surface area contributed by atoms with Gasteiger partial charge in [0, 0.05) is 35.2 Å². The maximum atomic E-state index is 11.4. The van der Waals surface area contributed by atoms with Crippen LogP contribution in [0, 0.1) is 0 Å². The highest BCUT2D eigenvalue weighted by atomic mass is 35.5. The van der Waals surface area contributed by atoms with Gasteiger partial charge in [-0.05, 0) is 35.9 Å². The fraction of sp³-hybridized carbons (Fsp3) is 0.0909. The minimum Gasteiger partial charge on any atom is -0.497 e. The van der Waals surface area contributed by atoms with Gasteiger partial charge < -0.3 is 9.84 Å². The topological polar surface area (TPSA) is 85.2 Å². The number of hydrogen-bond acceptors (Lipinski definition) is 5. The summed E-state index contributed by atoms with van der Waals surface area (Å²) in [6.07, 6.45) is 3.44. The van der Waals surface area contributed by atoms with Gasteiger partial charge in [0.1, 0.15) is 11.4 Å². The van der Waals surface area contributed by atoms with Crippen LogP contribution in [0.3, 0.4) is 0 Å². The maximum absolute atomic E-state index is 11.4. The van der Waals surface area contributed by atoms with Gasteiger partial charge in [0.2, 0.25) is 0 Å². The van der Waals surface area contributed by atoms with Crippen molar-refractivity contribution < 1.29 is 14.6 Å². The van der Waals surface area contributed by atoms with Gasteiger partial charge >= 0.3 is 5.97 Å². The van der Waals surface area contributed by atoms with E-state index in [1.54, 1.807) is 25.3 Å². The Balaban J connectivity index is 1.91. The summed E-state index contributed by atoms with van der Waals surface area (Å²) in [5.41, 5.74) is 2.76. The second-order valence-electron chi connectivity index (χ2n) is 6.55. The molecule has 8 heteroatoms. The zero-order chi connectivity index (χ0) is 21.3. The average Bonchev–Trinajstić information content (AvgIpc) is 2.76. The summed E-state index contributed by atoms with van der Waals surface area (Å²) in [7, 11) is 1.58. The maximum Gasteiger partial charge on any atom is 0.335 e. The van der Waals surface area contributed by atoms with E-state index in [9.17, 15) is 9.90 Å². The van der Waals surface area contributed by atoms with E-state index in [4.69, 9.17) is 27.9 Å². The Morgan fingerprint density at radius 3 is 2.50 bits per heavy atom. The third-order valence-corrected chi connectivity index (χ3v) is 5.39. The van der Waals surface area contributed by atoms with Gasteiger partial charge in [0.05, 0.1) is 28.4 Å². The van der Waals surface area contributed by atoms with Gasteiger partial charge in [0.15, 0.2) is 0 Å². The summed E-state index contributed by atoms with van der Waals surface area (Å²) >= 11 is 12.6. The molecule has 4 aromatic rings. The molecule has 2 heterocycles. The number of benzene rings is 2. The van der Waals surface area contributed by atoms with Crippen molar-refractivity contribution in [3.05, 3.63) is 81.7 Å².